The van der Waals surface area contributed by atoms with E-state index in [2.05, 4.69) is 15.5 Å². The zero-order chi connectivity index (χ0) is 12.4. The van der Waals surface area contributed by atoms with Crippen LogP contribution in [0.4, 0.5) is 0 Å². The summed E-state index contributed by atoms with van der Waals surface area (Å²) in [5, 5.41) is 9.33. The van der Waals surface area contributed by atoms with Crippen molar-refractivity contribution in [2.24, 2.45) is 0 Å². The summed E-state index contributed by atoms with van der Waals surface area (Å²) in [4.78, 5) is 24.4. The minimum absolute atomic E-state index is 0.00252. The molecule has 0 bridgehead atoms. The Morgan fingerprint density at radius 2 is 2.24 bits per heavy atom. The lowest BCUT2D eigenvalue weighted by Crippen LogP contribution is -2.36. The number of hydrogen-bond acceptors (Lipinski definition) is 3. The van der Waals surface area contributed by atoms with Crippen molar-refractivity contribution in [2.75, 3.05) is 20.6 Å². The third-order valence-electron chi connectivity index (χ3n) is 2.75. The molecule has 6 heteroatoms. The van der Waals surface area contributed by atoms with Gasteiger partial charge in [-0.3, -0.25) is 14.7 Å². The molecule has 0 aromatic carbocycles. The van der Waals surface area contributed by atoms with E-state index in [9.17, 15) is 9.59 Å². The lowest BCUT2D eigenvalue weighted by atomic mass is 10.2. The van der Waals surface area contributed by atoms with E-state index in [0.29, 0.717) is 11.6 Å². The fraction of sp³-hybridized carbons (Fsp3) is 0.545. The second-order valence-corrected chi connectivity index (χ2v) is 4.45. The molecule has 1 aromatic rings. The van der Waals surface area contributed by atoms with Crippen LogP contribution in [-0.4, -0.2) is 47.6 Å². The molecule has 17 heavy (non-hydrogen) atoms. The van der Waals surface area contributed by atoms with Crippen molar-refractivity contribution in [3.8, 4) is 0 Å². The molecule has 1 fully saturated rings. The summed E-state index contributed by atoms with van der Waals surface area (Å²) in [6.07, 6.45) is 2.31. The average Bonchev–Trinajstić information content (AvgIpc) is 3.03. The van der Waals surface area contributed by atoms with Crippen molar-refractivity contribution in [3.63, 3.8) is 0 Å². The molecule has 0 unspecified atom stereocenters. The van der Waals surface area contributed by atoms with Crippen molar-refractivity contribution < 1.29 is 9.59 Å². The second-order valence-electron chi connectivity index (χ2n) is 4.45. The highest BCUT2D eigenvalue weighted by molar-refractivity contribution is 5.94. The first kappa shape index (κ1) is 11.6. The van der Waals surface area contributed by atoms with Gasteiger partial charge in [0.05, 0.1) is 6.54 Å². The van der Waals surface area contributed by atoms with Crippen LogP contribution >= 0.6 is 0 Å². The highest BCUT2D eigenvalue weighted by Crippen LogP contribution is 2.38. The Labute approximate surface area is 99.4 Å². The number of amides is 2. The van der Waals surface area contributed by atoms with Crippen LogP contribution in [0.3, 0.4) is 0 Å². The molecule has 2 amide bonds. The van der Waals surface area contributed by atoms with Crippen molar-refractivity contribution in [3.05, 3.63) is 17.5 Å². The molecule has 2 rings (SSSR count). The van der Waals surface area contributed by atoms with Gasteiger partial charge in [-0.15, -0.1) is 0 Å². The number of carbonyl (C=O) groups excluding carboxylic acids is 2. The number of aromatic nitrogens is 2. The molecule has 2 N–H and O–H groups in total. The third-order valence-corrected chi connectivity index (χ3v) is 2.75. The molecule has 1 heterocycles. The molecule has 1 aromatic heterocycles. The minimum Gasteiger partial charge on any atom is -0.347 e. The predicted octanol–water partition coefficient (Wildman–Crippen LogP) is 0.105. The second kappa shape index (κ2) is 4.57. The number of aromatic amines is 1. The molecule has 0 radical (unpaired) electrons. The Morgan fingerprint density at radius 1 is 1.53 bits per heavy atom. The van der Waals surface area contributed by atoms with E-state index in [0.717, 1.165) is 18.5 Å². The van der Waals surface area contributed by atoms with Crippen LogP contribution in [0.2, 0.25) is 0 Å². The Kier molecular flexibility index (Phi) is 3.12. The van der Waals surface area contributed by atoms with Gasteiger partial charge in [-0.2, -0.15) is 5.10 Å². The van der Waals surface area contributed by atoms with Crippen LogP contribution in [-0.2, 0) is 4.79 Å². The van der Waals surface area contributed by atoms with E-state index in [1.165, 1.54) is 4.90 Å². The van der Waals surface area contributed by atoms with Crippen LogP contribution in [0.25, 0.3) is 0 Å². The first-order valence-corrected chi connectivity index (χ1v) is 5.61. The van der Waals surface area contributed by atoms with Gasteiger partial charge in [0.15, 0.2) is 0 Å². The summed E-state index contributed by atoms with van der Waals surface area (Å²) in [5.41, 5.74) is 1.35. The zero-order valence-electron chi connectivity index (χ0n) is 9.99. The number of hydrogen-bond donors (Lipinski definition) is 2. The third kappa shape index (κ3) is 2.83. The first-order valence-electron chi connectivity index (χ1n) is 5.61. The van der Waals surface area contributed by atoms with Gasteiger partial charge in [-0.1, -0.05) is 0 Å². The van der Waals surface area contributed by atoms with E-state index in [-0.39, 0.29) is 18.4 Å². The SMILES string of the molecule is CN(C)C(=O)CNC(=O)c1cc(C2CC2)[nH]n1. The molecule has 1 aliphatic carbocycles. The number of carbonyl (C=O) groups is 2. The van der Waals surface area contributed by atoms with Crippen LogP contribution in [0.5, 0.6) is 0 Å². The van der Waals surface area contributed by atoms with Gasteiger partial charge in [0, 0.05) is 25.7 Å². The number of nitrogens with one attached hydrogen (secondary N) is 2. The van der Waals surface area contributed by atoms with E-state index in [4.69, 9.17) is 0 Å². The quantitative estimate of drug-likeness (QED) is 0.778. The average molecular weight is 236 g/mol. The smallest absolute Gasteiger partial charge is 0.272 e. The van der Waals surface area contributed by atoms with Gasteiger partial charge < -0.3 is 10.2 Å². The standard InChI is InChI=1S/C11H16N4O2/c1-15(2)10(16)6-12-11(17)9-5-8(13-14-9)7-3-4-7/h5,7H,3-4,6H2,1-2H3,(H,12,17)(H,13,14). The van der Waals surface area contributed by atoms with Gasteiger partial charge in [0.25, 0.3) is 5.91 Å². The number of H-pyrrole nitrogens is 1. The number of rotatable bonds is 4. The summed E-state index contributed by atoms with van der Waals surface area (Å²) < 4.78 is 0. The normalized spacial score (nSPS) is 14.5. The lowest BCUT2D eigenvalue weighted by molar-refractivity contribution is -0.127. The Bertz CT molecular complexity index is 434. The number of likely N-dealkylation sites (N-methyl/N-ethyl adjacent to an activating group) is 1. The largest absolute Gasteiger partial charge is 0.347 e. The Balaban J connectivity index is 1.88. The molecule has 92 valence electrons. The molecule has 0 aliphatic heterocycles. The van der Waals surface area contributed by atoms with Gasteiger partial charge in [-0.05, 0) is 18.9 Å². The maximum absolute atomic E-state index is 11.7. The topological polar surface area (TPSA) is 78.1 Å². The molecular weight excluding hydrogens is 220 g/mol. The summed E-state index contributed by atoms with van der Waals surface area (Å²) >= 11 is 0. The van der Waals surface area contributed by atoms with Crippen LogP contribution in [0, 0.1) is 0 Å². The predicted molar refractivity (Wildman–Crippen MR) is 61.6 cm³/mol. The van der Waals surface area contributed by atoms with Gasteiger partial charge in [0.2, 0.25) is 5.91 Å². The van der Waals surface area contributed by atoms with Crippen molar-refractivity contribution in [2.45, 2.75) is 18.8 Å². The highest BCUT2D eigenvalue weighted by Gasteiger charge is 2.26. The Morgan fingerprint density at radius 3 is 2.82 bits per heavy atom. The summed E-state index contributed by atoms with van der Waals surface area (Å²) in [6.45, 7) is -0.00252. The zero-order valence-corrected chi connectivity index (χ0v) is 9.99. The fourth-order valence-corrected chi connectivity index (χ4v) is 1.46. The van der Waals surface area contributed by atoms with E-state index < -0.39 is 0 Å². The number of nitrogens with zero attached hydrogens (tertiary/aromatic N) is 2. The van der Waals surface area contributed by atoms with E-state index >= 15 is 0 Å². The van der Waals surface area contributed by atoms with Crippen molar-refractivity contribution in [1.82, 2.24) is 20.4 Å². The van der Waals surface area contributed by atoms with Gasteiger partial charge in [0.1, 0.15) is 5.69 Å². The van der Waals surface area contributed by atoms with Gasteiger partial charge in [-0.25, -0.2) is 0 Å². The monoisotopic (exact) mass is 236 g/mol. The van der Waals surface area contributed by atoms with Crippen LogP contribution in [0.15, 0.2) is 6.07 Å². The van der Waals surface area contributed by atoms with Crippen molar-refractivity contribution in [1.29, 1.82) is 0 Å². The maximum Gasteiger partial charge on any atom is 0.272 e. The van der Waals surface area contributed by atoms with Crippen LogP contribution < -0.4 is 5.32 Å². The molecule has 1 aliphatic rings. The van der Waals surface area contributed by atoms with E-state index in [1.807, 2.05) is 0 Å². The van der Waals surface area contributed by atoms with Crippen LogP contribution in [0.1, 0.15) is 34.9 Å². The molecule has 6 nitrogen and oxygen atoms in total. The minimum atomic E-state index is -0.316. The fourth-order valence-electron chi connectivity index (χ4n) is 1.46. The highest BCUT2D eigenvalue weighted by atomic mass is 16.2. The summed E-state index contributed by atoms with van der Waals surface area (Å²) in [7, 11) is 3.29. The molecule has 0 saturated heterocycles. The molecule has 0 spiro atoms. The van der Waals surface area contributed by atoms with E-state index in [1.54, 1.807) is 20.2 Å². The molecule has 1 saturated carbocycles. The van der Waals surface area contributed by atoms with Gasteiger partial charge >= 0.3 is 0 Å². The Hall–Kier alpha value is -1.85. The molecular formula is C11H16N4O2. The first-order chi connectivity index (χ1) is 8.08. The summed E-state index contributed by atoms with van der Waals surface area (Å²) in [6, 6.07) is 1.76. The van der Waals surface area contributed by atoms with Crippen molar-refractivity contribution >= 4 is 11.8 Å². The molecule has 0 atom stereocenters. The maximum atomic E-state index is 11.7. The summed E-state index contributed by atoms with van der Waals surface area (Å²) in [5.74, 6) is 0.0760. The lowest BCUT2D eigenvalue weighted by Gasteiger charge is -2.09.